The summed E-state index contributed by atoms with van der Waals surface area (Å²) in [4.78, 5) is 40.3. The molecule has 0 aromatic carbocycles. The number of aliphatic hydroxyl groups excluding tert-OH is 5. The van der Waals surface area contributed by atoms with E-state index in [2.05, 4.69) is 19.5 Å². The molecule has 0 amide bonds. The Morgan fingerprint density at radius 3 is 2.61 bits per heavy atom. The number of anilines is 1. The Labute approximate surface area is 183 Å². The lowest BCUT2D eigenvalue weighted by molar-refractivity contribution is -0.286. The smallest absolute Gasteiger partial charge is 0.388 e. The largest absolute Gasteiger partial charge is 0.469 e. The number of nitrogens with zero attached hydrogens (tertiary/aromatic N) is 3. The predicted octanol–water partition coefficient (Wildman–Crippen LogP) is -4.93. The van der Waals surface area contributed by atoms with Gasteiger partial charge in [0, 0.05) is 0 Å². The SMILES string of the molecule is Nc1nc2c(ncn2[C@]2([C@@H]3OC[C@@H](O)[C@@H](O)[C@@H]3O)O[C@H](COP(=O)(O)O)[C@@H](O)[C@H]2O)c(=O)[nH]1. The van der Waals surface area contributed by atoms with Crippen molar-refractivity contribution in [1.82, 2.24) is 19.5 Å². The molecule has 8 atom stereocenters. The Hall–Kier alpha value is -2.02. The highest BCUT2D eigenvalue weighted by atomic mass is 31.2. The molecular weight excluding hydrogens is 473 g/mol. The number of rotatable bonds is 5. The number of aromatic amines is 1. The maximum atomic E-state index is 12.2. The van der Waals surface area contributed by atoms with Crippen LogP contribution in [0.3, 0.4) is 0 Å². The molecule has 2 saturated heterocycles. The molecule has 4 rings (SSSR count). The van der Waals surface area contributed by atoms with E-state index in [1.807, 2.05) is 0 Å². The van der Waals surface area contributed by atoms with Crippen LogP contribution in [-0.2, 0) is 24.3 Å². The van der Waals surface area contributed by atoms with Crippen molar-refractivity contribution in [3.05, 3.63) is 16.7 Å². The third-order valence-electron chi connectivity index (χ3n) is 5.59. The zero-order chi connectivity index (χ0) is 24.3. The molecule has 18 heteroatoms. The number of aliphatic hydroxyl groups is 5. The van der Waals surface area contributed by atoms with E-state index in [-0.39, 0.29) is 17.1 Å². The molecule has 0 aliphatic carbocycles. The number of hydrogen-bond donors (Lipinski definition) is 9. The summed E-state index contributed by atoms with van der Waals surface area (Å²) in [6.45, 7) is -1.43. The number of imidazole rings is 1. The van der Waals surface area contributed by atoms with Gasteiger partial charge in [-0.05, 0) is 0 Å². The Balaban J connectivity index is 1.88. The number of phosphoric ester groups is 1. The molecule has 2 aromatic rings. The lowest BCUT2D eigenvalue weighted by Gasteiger charge is -2.46. The van der Waals surface area contributed by atoms with Crippen molar-refractivity contribution in [3.63, 3.8) is 0 Å². The Morgan fingerprint density at radius 1 is 1.24 bits per heavy atom. The van der Waals surface area contributed by atoms with Crippen molar-refractivity contribution >= 4 is 24.9 Å². The van der Waals surface area contributed by atoms with Crippen LogP contribution in [0, 0.1) is 0 Å². The van der Waals surface area contributed by atoms with Gasteiger partial charge in [0.2, 0.25) is 11.7 Å². The Bertz CT molecular complexity index is 1140. The zero-order valence-corrected chi connectivity index (χ0v) is 17.5. The molecule has 33 heavy (non-hydrogen) atoms. The van der Waals surface area contributed by atoms with Crippen LogP contribution in [0.15, 0.2) is 11.1 Å². The quantitative estimate of drug-likeness (QED) is 0.176. The van der Waals surface area contributed by atoms with Crippen LogP contribution in [-0.4, -0.2) is 111 Å². The molecule has 2 aromatic heterocycles. The number of ether oxygens (including phenoxy) is 2. The first-order valence-corrected chi connectivity index (χ1v) is 11.0. The molecule has 2 fully saturated rings. The van der Waals surface area contributed by atoms with E-state index in [1.54, 1.807) is 0 Å². The summed E-state index contributed by atoms with van der Waals surface area (Å²) in [5, 5.41) is 52.3. The van der Waals surface area contributed by atoms with E-state index < -0.39 is 75.0 Å². The number of fused-ring (bicyclic) bond motifs is 1. The number of nitrogen functional groups attached to an aromatic ring is 1. The standard InChI is InChI=1S/C15H22N5O12P/c16-14-18-12-6(13(26)19-14)17-3-20(12)15(11-9(24)7(22)4(21)1-30-11)10(25)8(23)5(32-15)2-31-33(27,28)29/h3-5,7-11,21-25H,1-2H2,(H2,27,28,29)(H3,16,18,19,26)/t4-,5-,7-,8-,9+,10-,11-,15+/m1/s1. The fraction of sp³-hybridized carbons (Fsp3) is 0.667. The Morgan fingerprint density at radius 2 is 1.94 bits per heavy atom. The van der Waals surface area contributed by atoms with Crippen LogP contribution in [0.4, 0.5) is 5.95 Å². The molecule has 10 N–H and O–H groups in total. The third kappa shape index (κ3) is 3.96. The number of hydrogen-bond acceptors (Lipinski definition) is 13. The van der Waals surface area contributed by atoms with Gasteiger partial charge in [0.25, 0.3) is 5.56 Å². The van der Waals surface area contributed by atoms with Crippen LogP contribution in [0.25, 0.3) is 11.2 Å². The molecule has 2 aliphatic rings. The fourth-order valence-corrected chi connectivity index (χ4v) is 4.40. The van der Waals surface area contributed by atoms with Crippen molar-refractivity contribution in [3.8, 4) is 0 Å². The summed E-state index contributed by atoms with van der Waals surface area (Å²) in [6, 6.07) is 0. The van der Waals surface area contributed by atoms with Gasteiger partial charge in [-0.1, -0.05) is 0 Å². The minimum atomic E-state index is -5.00. The average molecular weight is 495 g/mol. The highest BCUT2D eigenvalue weighted by molar-refractivity contribution is 7.46. The molecule has 17 nitrogen and oxygen atoms in total. The summed E-state index contributed by atoms with van der Waals surface area (Å²) in [5.74, 6) is -0.348. The lowest BCUT2D eigenvalue weighted by atomic mass is 9.87. The van der Waals surface area contributed by atoms with Gasteiger partial charge < -0.3 is 50.5 Å². The summed E-state index contributed by atoms with van der Waals surface area (Å²) < 4.78 is 27.7. The molecule has 0 unspecified atom stereocenters. The van der Waals surface area contributed by atoms with E-state index in [0.717, 1.165) is 10.9 Å². The molecular formula is C15H22N5O12P. The molecule has 0 radical (unpaired) electrons. The number of phosphoric acid groups is 1. The molecule has 0 spiro atoms. The van der Waals surface area contributed by atoms with Crippen molar-refractivity contribution in [2.75, 3.05) is 18.9 Å². The minimum absolute atomic E-state index is 0.268. The first-order valence-electron chi connectivity index (χ1n) is 9.50. The highest BCUT2D eigenvalue weighted by Crippen LogP contribution is 2.45. The highest BCUT2D eigenvalue weighted by Gasteiger charge is 2.64. The number of nitrogens with two attached hydrogens (primary N) is 1. The second-order valence-electron chi connectivity index (χ2n) is 7.67. The van der Waals surface area contributed by atoms with Gasteiger partial charge in [-0.2, -0.15) is 4.98 Å². The molecule has 0 bridgehead atoms. The zero-order valence-electron chi connectivity index (χ0n) is 16.6. The van der Waals surface area contributed by atoms with Gasteiger partial charge in [-0.25, -0.2) is 9.55 Å². The summed E-state index contributed by atoms with van der Waals surface area (Å²) in [5.41, 5.74) is 1.93. The molecule has 184 valence electrons. The Kier molecular flexibility index (Phi) is 6.09. The number of H-pyrrole nitrogens is 1. The van der Waals surface area contributed by atoms with Crippen molar-refractivity contribution in [2.24, 2.45) is 0 Å². The normalized spacial score (nSPS) is 37.6. The van der Waals surface area contributed by atoms with Gasteiger partial charge in [0.15, 0.2) is 11.2 Å². The number of nitrogens with one attached hydrogen (secondary N) is 1. The maximum absolute atomic E-state index is 12.2. The van der Waals surface area contributed by atoms with Crippen LogP contribution < -0.4 is 11.3 Å². The van der Waals surface area contributed by atoms with E-state index >= 15 is 0 Å². The molecule has 4 heterocycles. The predicted molar refractivity (Wildman–Crippen MR) is 103 cm³/mol. The molecule has 0 saturated carbocycles. The second-order valence-corrected chi connectivity index (χ2v) is 8.91. The lowest BCUT2D eigenvalue weighted by Crippen LogP contribution is -2.65. The van der Waals surface area contributed by atoms with Gasteiger partial charge in [-0.15, -0.1) is 0 Å². The van der Waals surface area contributed by atoms with Gasteiger partial charge >= 0.3 is 7.82 Å². The third-order valence-corrected chi connectivity index (χ3v) is 6.07. The average Bonchev–Trinajstić information content (AvgIpc) is 3.25. The van der Waals surface area contributed by atoms with Crippen LogP contribution in [0.5, 0.6) is 0 Å². The van der Waals surface area contributed by atoms with Crippen LogP contribution in [0.2, 0.25) is 0 Å². The van der Waals surface area contributed by atoms with E-state index in [0.29, 0.717) is 0 Å². The van der Waals surface area contributed by atoms with Gasteiger partial charge in [0.05, 0.1) is 19.5 Å². The minimum Gasteiger partial charge on any atom is -0.388 e. The van der Waals surface area contributed by atoms with E-state index in [1.165, 1.54) is 0 Å². The second kappa shape index (κ2) is 8.33. The van der Waals surface area contributed by atoms with Crippen molar-refractivity contribution < 1.29 is 53.9 Å². The van der Waals surface area contributed by atoms with Crippen LogP contribution in [0.1, 0.15) is 0 Å². The summed E-state index contributed by atoms with van der Waals surface area (Å²) in [6.07, 6.45) is -11.4. The van der Waals surface area contributed by atoms with Crippen molar-refractivity contribution in [2.45, 2.75) is 48.5 Å². The monoisotopic (exact) mass is 495 g/mol. The molecule has 2 aliphatic heterocycles. The topological polar surface area (TPSA) is 276 Å². The van der Waals surface area contributed by atoms with E-state index in [4.69, 9.17) is 25.0 Å². The first kappa shape index (κ1) is 24.1. The summed E-state index contributed by atoms with van der Waals surface area (Å²) >= 11 is 0. The van der Waals surface area contributed by atoms with Gasteiger partial charge in [-0.3, -0.25) is 18.9 Å². The maximum Gasteiger partial charge on any atom is 0.469 e. The van der Waals surface area contributed by atoms with Crippen LogP contribution >= 0.6 is 7.82 Å². The fourth-order valence-electron chi connectivity index (χ4n) is 4.06. The number of aromatic nitrogens is 4. The first-order chi connectivity index (χ1) is 15.4. The van der Waals surface area contributed by atoms with Crippen molar-refractivity contribution in [1.29, 1.82) is 0 Å². The summed E-state index contributed by atoms with van der Waals surface area (Å²) in [7, 11) is -5.00. The van der Waals surface area contributed by atoms with E-state index in [9.17, 15) is 34.9 Å². The van der Waals surface area contributed by atoms with Gasteiger partial charge in [0.1, 0.15) is 42.7 Å².